The van der Waals surface area contributed by atoms with E-state index in [1.165, 1.54) is 5.56 Å². The van der Waals surface area contributed by atoms with Gasteiger partial charge in [-0.2, -0.15) is 0 Å². The third-order valence-corrected chi connectivity index (χ3v) is 5.62. The van der Waals surface area contributed by atoms with Crippen LogP contribution in [0.1, 0.15) is 32.3 Å². The van der Waals surface area contributed by atoms with Crippen molar-refractivity contribution in [3.05, 3.63) is 34.3 Å². The first-order valence-electron chi connectivity index (χ1n) is 9.81. The number of likely N-dealkylation sites (tertiary alicyclic amines) is 1. The lowest BCUT2D eigenvalue weighted by Crippen LogP contribution is -2.49. The van der Waals surface area contributed by atoms with Gasteiger partial charge in [0.05, 0.1) is 0 Å². The zero-order valence-electron chi connectivity index (χ0n) is 16.5. The van der Waals surface area contributed by atoms with Crippen LogP contribution in [0.2, 0.25) is 0 Å². The Bertz CT molecular complexity index is 534. The van der Waals surface area contributed by atoms with Gasteiger partial charge in [-0.1, -0.05) is 41.9 Å². The van der Waals surface area contributed by atoms with Crippen molar-refractivity contribution in [3.63, 3.8) is 0 Å². The summed E-state index contributed by atoms with van der Waals surface area (Å²) in [6.07, 6.45) is 2.32. The van der Waals surface area contributed by atoms with Crippen molar-refractivity contribution in [2.45, 2.75) is 39.3 Å². The van der Waals surface area contributed by atoms with Gasteiger partial charge in [0, 0.05) is 50.3 Å². The van der Waals surface area contributed by atoms with Gasteiger partial charge in [0.25, 0.3) is 0 Å². The molecule has 1 aliphatic heterocycles. The molecular formula is C20H34BrN5. The zero-order chi connectivity index (χ0) is 18.8. The lowest BCUT2D eigenvalue weighted by molar-refractivity contribution is 0.198. The summed E-state index contributed by atoms with van der Waals surface area (Å²) in [6.45, 7) is 11.9. The fraction of sp³-hybridized carbons (Fsp3) is 0.650. The van der Waals surface area contributed by atoms with Crippen molar-refractivity contribution < 1.29 is 0 Å². The fourth-order valence-electron chi connectivity index (χ4n) is 3.34. The summed E-state index contributed by atoms with van der Waals surface area (Å²) in [5.74, 6) is 0.934. The molecule has 1 aliphatic rings. The number of rotatable bonds is 8. The highest BCUT2D eigenvalue weighted by molar-refractivity contribution is 9.10. The normalized spacial score (nSPS) is 16.9. The Kier molecular flexibility index (Phi) is 9.43. The molecule has 1 heterocycles. The third-order valence-electron chi connectivity index (χ3n) is 5.09. The molecule has 26 heavy (non-hydrogen) atoms. The van der Waals surface area contributed by atoms with Crippen LogP contribution in [0.4, 0.5) is 0 Å². The van der Waals surface area contributed by atoms with Crippen LogP contribution in [0.3, 0.4) is 0 Å². The van der Waals surface area contributed by atoms with E-state index in [-0.39, 0.29) is 0 Å². The minimum Gasteiger partial charge on any atom is -0.355 e. The van der Waals surface area contributed by atoms with Crippen molar-refractivity contribution in [1.29, 1.82) is 0 Å². The summed E-state index contributed by atoms with van der Waals surface area (Å²) < 4.78 is 1.14. The summed E-state index contributed by atoms with van der Waals surface area (Å²) >= 11 is 3.50. The Morgan fingerprint density at radius 2 is 1.85 bits per heavy atom. The number of likely N-dealkylation sites (N-methyl/N-ethyl adjacent to an activating group) is 1. The zero-order valence-corrected chi connectivity index (χ0v) is 18.1. The average molecular weight is 424 g/mol. The second-order valence-electron chi connectivity index (χ2n) is 6.85. The van der Waals surface area contributed by atoms with Gasteiger partial charge >= 0.3 is 0 Å². The Balaban J connectivity index is 1.68. The van der Waals surface area contributed by atoms with E-state index in [1.54, 1.807) is 0 Å². The molecule has 0 aromatic heterocycles. The molecule has 0 radical (unpaired) electrons. The van der Waals surface area contributed by atoms with Crippen LogP contribution in [0.25, 0.3) is 0 Å². The van der Waals surface area contributed by atoms with Gasteiger partial charge in [-0.25, -0.2) is 0 Å². The summed E-state index contributed by atoms with van der Waals surface area (Å²) in [7, 11) is 1.86. The SMILES string of the molecule is CCN(CC)CCNC(=NC)NC1CCN(Cc2ccc(Br)cc2)CC1. The predicted molar refractivity (Wildman–Crippen MR) is 115 cm³/mol. The third kappa shape index (κ3) is 7.25. The first kappa shape index (κ1) is 21.2. The molecule has 0 spiro atoms. The number of hydrogen-bond donors (Lipinski definition) is 2. The van der Waals surface area contributed by atoms with Gasteiger partial charge < -0.3 is 15.5 Å². The van der Waals surface area contributed by atoms with Crippen molar-refractivity contribution in [3.8, 4) is 0 Å². The lowest BCUT2D eigenvalue weighted by Gasteiger charge is -2.33. The quantitative estimate of drug-likeness (QED) is 0.498. The Hall–Kier alpha value is -1.11. The van der Waals surface area contributed by atoms with E-state index in [0.29, 0.717) is 6.04 Å². The molecule has 1 saturated heterocycles. The van der Waals surface area contributed by atoms with Crippen molar-refractivity contribution >= 4 is 21.9 Å². The van der Waals surface area contributed by atoms with E-state index in [9.17, 15) is 0 Å². The Morgan fingerprint density at radius 1 is 1.19 bits per heavy atom. The number of guanidine groups is 1. The van der Waals surface area contributed by atoms with Crippen LogP contribution in [-0.2, 0) is 6.54 Å². The summed E-state index contributed by atoms with van der Waals surface area (Å²) in [4.78, 5) is 9.34. The fourth-order valence-corrected chi connectivity index (χ4v) is 3.61. The van der Waals surface area contributed by atoms with Crippen LogP contribution in [0.15, 0.2) is 33.7 Å². The number of hydrogen-bond acceptors (Lipinski definition) is 3. The topological polar surface area (TPSA) is 42.9 Å². The van der Waals surface area contributed by atoms with Crippen LogP contribution in [0, 0.1) is 0 Å². The molecule has 2 rings (SSSR count). The Labute approximate surface area is 167 Å². The lowest BCUT2D eigenvalue weighted by atomic mass is 10.0. The van der Waals surface area contributed by atoms with Crippen LogP contribution in [0.5, 0.6) is 0 Å². The summed E-state index contributed by atoms with van der Waals surface area (Å²) in [6, 6.07) is 9.16. The van der Waals surface area contributed by atoms with Gasteiger partial charge in [-0.15, -0.1) is 0 Å². The largest absolute Gasteiger partial charge is 0.355 e. The number of benzene rings is 1. The average Bonchev–Trinajstić information content (AvgIpc) is 2.67. The standard InChI is InChI=1S/C20H34BrN5/c1-4-25(5-2)15-12-23-20(22-3)24-19-10-13-26(14-11-19)16-17-6-8-18(21)9-7-17/h6-9,19H,4-5,10-16H2,1-3H3,(H2,22,23,24). The van der Waals surface area contributed by atoms with Crippen LogP contribution >= 0.6 is 15.9 Å². The molecule has 0 atom stereocenters. The number of halogens is 1. The molecule has 1 aromatic rings. The molecule has 0 bridgehead atoms. The van der Waals surface area contributed by atoms with Crippen LogP contribution < -0.4 is 10.6 Å². The molecule has 0 amide bonds. The second-order valence-corrected chi connectivity index (χ2v) is 7.76. The van der Waals surface area contributed by atoms with E-state index in [1.807, 2.05) is 7.05 Å². The van der Waals surface area contributed by atoms with E-state index < -0.39 is 0 Å². The molecule has 0 unspecified atom stereocenters. The second kappa shape index (κ2) is 11.6. The molecule has 0 aliphatic carbocycles. The molecule has 2 N–H and O–H groups in total. The first-order chi connectivity index (χ1) is 12.6. The van der Waals surface area contributed by atoms with Gasteiger partial charge in [0.15, 0.2) is 5.96 Å². The maximum atomic E-state index is 4.38. The number of aliphatic imine (C=N–C) groups is 1. The molecule has 1 fully saturated rings. The van der Waals surface area contributed by atoms with Gasteiger partial charge in [-0.3, -0.25) is 9.89 Å². The van der Waals surface area contributed by atoms with E-state index in [4.69, 9.17) is 0 Å². The number of piperidine rings is 1. The highest BCUT2D eigenvalue weighted by atomic mass is 79.9. The highest BCUT2D eigenvalue weighted by Gasteiger charge is 2.20. The van der Waals surface area contributed by atoms with Crippen molar-refractivity contribution in [2.75, 3.05) is 46.3 Å². The maximum Gasteiger partial charge on any atom is 0.191 e. The first-order valence-corrected chi connectivity index (χ1v) is 10.6. The Morgan fingerprint density at radius 3 is 2.42 bits per heavy atom. The smallest absolute Gasteiger partial charge is 0.191 e. The van der Waals surface area contributed by atoms with E-state index in [2.05, 4.69) is 79.5 Å². The molecule has 0 saturated carbocycles. The molecule has 146 valence electrons. The molecule has 1 aromatic carbocycles. The summed E-state index contributed by atoms with van der Waals surface area (Å²) in [5.41, 5.74) is 1.38. The number of nitrogens with zero attached hydrogens (tertiary/aromatic N) is 3. The minimum atomic E-state index is 0.510. The molecule has 5 nitrogen and oxygen atoms in total. The van der Waals surface area contributed by atoms with E-state index >= 15 is 0 Å². The van der Waals surface area contributed by atoms with E-state index in [0.717, 1.165) is 69.1 Å². The monoisotopic (exact) mass is 423 g/mol. The van der Waals surface area contributed by atoms with Gasteiger partial charge in [-0.05, 0) is 43.6 Å². The minimum absolute atomic E-state index is 0.510. The van der Waals surface area contributed by atoms with Crippen molar-refractivity contribution in [2.24, 2.45) is 4.99 Å². The maximum absolute atomic E-state index is 4.38. The van der Waals surface area contributed by atoms with Crippen LogP contribution in [-0.4, -0.2) is 68.1 Å². The van der Waals surface area contributed by atoms with Gasteiger partial charge in [0.2, 0.25) is 0 Å². The van der Waals surface area contributed by atoms with Gasteiger partial charge in [0.1, 0.15) is 0 Å². The predicted octanol–water partition coefficient (Wildman–Crippen LogP) is 2.92. The molecule has 6 heteroatoms. The molecular weight excluding hydrogens is 390 g/mol. The number of nitrogens with one attached hydrogen (secondary N) is 2. The highest BCUT2D eigenvalue weighted by Crippen LogP contribution is 2.16. The summed E-state index contributed by atoms with van der Waals surface area (Å²) in [5, 5.41) is 7.05. The van der Waals surface area contributed by atoms with Crippen molar-refractivity contribution in [1.82, 2.24) is 20.4 Å².